The van der Waals surface area contributed by atoms with Crippen LogP contribution in [0.2, 0.25) is 0 Å². The van der Waals surface area contributed by atoms with Gasteiger partial charge in [-0.05, 0) is 6.07 Å². The van der Waals surface area contributed by atoms with Crippen molar-refractivity contribution in [2.24, 2.45) is 10.8 Å². The Labute approximate surface area is 177 Å². The number of nitrogens with zero attached hydrogens (tertiary/aromatic N) is 5. The smallest absolute Gasteiger partial charge is 0.146 e. The first kappa shape index (κ1) is 19.1. The number of anilines is 1. The van der Waals surface area contributed by atoms with Crippen LogP contribution in [0.15, 0.2) is 35.8 Å². The van der Waals surface area contributed by atoms with Crippen molar-refractivity contribution in [2.75, 3.05) is 22.6 Å². The monoisotopic (exact) mass is 491 g/mol. The van der Waals surface area contributed by atoms with E-state index in [1.807, 2.05) is 30.7 Å². The molecule has 4 heterocycles. The van der Waals surface area contributed by atoms with E-state index in [1.54, 1.807) is 5.01 Å². The second-order valence-corrected chi connectivity index (χ2v) is 7.69. The molecule has 8 nitrogen and oxygen atoms in total. The molecule has 2 aromatic heterocycles. The molecule has 0 saturated carbocycles. The summed E-state index contributed by atoms with van der Waals surface area (Å²) in [6, 6.07) is 3.89. The SMILES string of the molecule is CC(CN(N)c1cc(C2=CNC(CI)N=C2)ncn1)c1nccc2c1OCC2. The molecule has 0 aromatic carbocycles. The van der Waals surface area contributed by atoms with Crippen molar-refractivity contribution in [3.63, 3.8) is 0 Å². The highest BCUT2D eigenvalue weighted by Crippen LogP contribution is 2.33. The Kier molecular flexibility index (Phi) is 5.72. The van der Waals surface area contributed by atoms with Crippen LogP contribution in [0.5, 0.6) is 5.75 Å². The first-order valence-electron chi connectivity index (χ1n) is 9.16. The zero-order valence-corrected chi connectivity index (χ0v) is 17.7. The van der Waals surface area contributed by atoms with Gasteiger partial charge in [0.25, 0.3) is 0 Å². The molecule has 3 N–H and O–H groups in total. The summed E-state index contributed by atoms with van der Waals surface area (Å²) in [5.41, 5.74) is 3.84. The Bertz CT molecular complexity index is 917. The molecule has 2 atom stereocenters. The highest BCUT2D eigenvalue weighted by Gasteiger charge is 2.22. The molecule has 0 saturated heterocycles. The molecule has 2 aliphatic rings. The van der Waals surface area contributed by atoms with Crippen molar-refractivity contribution < 1.29 is 4.74 Å². The summed E-state index contributed by atoms with van der Waals surface area (Å²) in [6.07, 6.45) is 8.18. The summed E-state index contributed by atoms with van der Waals surface area (Å²) in [7, 11) is 0. The number of aliphatic imine (C=N–C) groups is 1. The molecule has 0 radical (unpaired) electrons. The fourth-order valence-electron chi connectivity index (χ4n) is 3.28. The van der Waals surface area contributed by atoms with Crippen LogP contribution in [0, 0.1) is 0 Å². The maximum Gasteiger partial charge on any atom is 0.146 e. The standard InChI is InChI=1S/C19H22IN7O/c1-12(18-19-13(2-4-22-18)3-5-28-19)10-27(21)17-6-15(25-11-26-17)14-8-23-16(7-20)24-9-14/h2,4,6,8-9,11-12,16,23H,3,5,7,10,21H2,1H3. The van der Waals surface area contributed by atoms with Crippen LogP contribution in [-0.2, 0) is 6.42 Å². The van der Waals surface area contributed by atoms with Crippen LogP contribution in [0.1, 0.15) is 29.8 Å². The molecule has 0 spiro atoms. The highest BCUT2D eigenvalue weighted by atomic mass is 127. The maximum atomic E-state index is 6.33. The fraction of sp³-hybridized carbons (Fsp3) is 0.368. The van der Waals surface area contributed by atoms with Gasteiger partial charge < -0.3 is 10.1 Å². The van der Waals surface area contributed by atoms with Crippen molar-refractivity contribution in [1.29, 1.82) is 0 Å². The molecule has 4 rings (SSSR count). The number of allylic oxidation sites excluding steroid dienone is 1. The van der Waals surface area contributed by atoms with Gasteiger partial charge in [0.05, 0.1) is 18.0 Å². The number of fused-ring (bicyclic) bond motifs is 1. The molecule has 2 unspecified atom stereocenters. The molecule has 2 aliphatic heterocycles. The summed E-state index contributed by atoms with van der Waals surface area (Å²) in [4.78, 5) is 17.7. The van der Waals surface area contributed by atoms with Gasteiger partial charge in [0.15, 0.2) is 0 Å². The molecule has 2 aromatic rings. The first-order valence-corrected chi connectivity index (χ1v) is 10.7. The van der Waals surface area contributed by atoms with Gasteiger partial charge in [-0.1, -0.05) is 29.5 Å². The van der Waals surface area contributed by atoms with E-state index in [0.717, 1.165) is 33.6 Å². The average molecular weight is 491 g/mol. The number of ether oxygens (including phenoxy) is 1. The van der Waals surface area contributed by atoms with Crippen LogP contribution in [0.4, 0.5) is 5.82 Å². The van der Waals surface area contributed by atoms with Crippen LogP contribution in [-0.4, -0.2) is 44.9 Å². The molecule has 0 fully saturated rings. The lowest BCUT2D eigenvalue weighted by Crippen LogP contribution is -2.35. The van der Waals surface area contributed by atoms with Crippen LogP contribution in [0.3, 0.4) is 0 Å². The summed E-state index contributed by atoms with van der Waals surface area (Å²) < 4.78 is 6.68. The van der Waals surface area contributed by atoms with Gasteiger partial charge >= 0.3 is 0 Å². The Morgan fingerprint density at radius 3 is 3.07 bits per heavy atom. The summed E-state index contributed by atoms with van der Waals surface area (Å²) >= 11 is 2.30. The van der Waals surface area contributed by atoms with Gasteiger partial charge in [-0.15, -0.1) is 0 Å². The topological polar surface area (TPSA) is 102 Å². The number of pyridine rings is 1. The van der Waals surface area contributed by atoms with Gasteiger partial charge in [0, 0.05) is 59.1 Å². The second-order valence-electron chi connectivity index (χ2n) is 6.81. The van der Waals surface area contributed by atoms with Gasteiger partial charge in [0.2, 0.25) is 0 Å². The van der Waals surface area contributed by atoms with Crippen LogP contribution >= 0.6 is 22.6 Å². The number of alkyl halides is 1. The highest BCUT2D eigenvalue weighted by molar-refractivity contribution is 14.1. The lowest BCUT2D eigenvalue weighted by molar-refractivity contribution is 0.349. The summed E-state index contributed by atoms with van der Waals surface area (Å²) in [5, 5.41) is 4.88. The first-order chi connectivity index (χ1) is 13.7. The zero-order valence-electron chi connectivity index (χ0n) is 15.5. The van der Waals surface area contributed by atoms with E-state index in [9.17, 15) is 0 Å². The van der Waals surface area contributed by atoms with Gasteiger partial charge in [-0.3, -0.25) is 15.0 Å². The maximum absolute atomic E-state index is 6.33. The third kappa shape index (κ3) is 3.95. The van der Waals surface area contributed by atoms with Gasteiger partial charge in [-0.25, -0.2) is 15.8 Å². The minimum atomic E-state index is 0.0954. The average Bonchev–Trinajstić information content (AvgIpc) is 3.22. The van der Waals surface area contributed by atoms with E-state index in [2.05, 4.69) is 54.8 Å². The number of hydrogen-bond acceptors (Lipinski definition) is 8. The van der Waals surface area contributed by atoms with E-state index < -0.39 is 0 Å². The molecular formula is C19H22IN7O. The lowest BCUT2D eigenvalue weighted by Gasteiger charge is -2.23. The summed E-state index contributed by atoms with van der Waals surface area (Å²) in [5.74, 6) is 7.98. The normalized spacial score (nSPS) is 18.7. The number of halogens is 1. The quantitative estimate of drug-likeness (QED) is 0.276. The molecule has 28 heavy (non-hydrogen) atoms. The number of aromatic nitrogens is 3. The van der Waals surface area contributed by atoms with E-state index in [-0.39, 0.29) is 12.1 Å². The second kappa shape index (κ2) is 8.39. The zero-order chi connectivity index (χ0) is 19.5. The van der Waals surface area contributed by atoms with E-state index in [0.29, 0.717) is 19.0 Å². The third-order valence-electron chi connectivity index (χ3n) is 4.78. The van der Waals surface area contributed by atoms with Gasteiger partial charge in [-0.2, -0.15) is 0 Å². The minimum Gasteiger partial charge on any atom is -0.491 e. The van der Waals surface area contributed by atoms with E-state index in [1.165, 1.54) is 11.9 Å². The molecule has 146 valence electrons. The Morgan fingerprint density at radius 2 is 2.29 bits per heavy atom. The van der Waals surface area contributed by atoms with E-state index in [4.69, 9.17) is 10.6 Å². The molecule has 9 heteroatoms. The van der Waals surface area contributed by atoms with E-state index >= 15 is 0 Å². The van der Waals surface area contributed by atoms with Crippen molar-refractivity contribution in [3.05, 3.63) is 47.8 Å². The third-order valence-corrected chi connectivity index (χ3v) is 5.62. The Balaban J connectivity index is 1.49. The van der Waals surface area contributed by atoms with Crippen LogP contribution < -0.4 is 20.9 Å². The fourth-order valence-corrected chi connectivity index (χ4v) is 3.76. The number of hydrazine groups is 1. The van der Waals surface area contributed by atoms with Gasteiger partial charge in [0.1, 0.15) is 24.1 Å². The minimum absolute atomic E-state index is 0.0954. The number of hydrogen-bond donors (Lipinski definition) is 2. The number of rotatable bonds is 6. The van der Waals surface area contributed by atoms with Crippen LogP contribution in [0.25, 0.3) is 5.57 Å². The molecule has 0 bridgehead atoms. The Hall–Kier alpha value is -2.27. The molecular weight excluding hydrogens is 469 g/mol. The van der Waals surface area contributed by atoms with Crippen molar-refractivity contribution in [2.45, 2.75) is 25.4 Å². The summed E-state index contributed by atoms with van der Waals surface area (Å²) in [6.45, 7) is 3.37. The Morgan fingerprint density at radius 1 is 1.39 bits per heavy atom. The molecule has 0 amide bonds. The van der Waals surface area contributed by atoms with Crippen molar-refractivity contribution >= 4 is 40.2 Å². The van der Waals surface area contributed by atoms with Crippen molar-refractivity contribution in [1.82, 2.24) is 20.3 Å². The largest absolute Gasteiger partial charge is 0.491 e. The predicted molar refractivity (Wildman–Crippen MR) is 118 cm³/mol. The number of nitrogens with one attached hydrogen (secondary N) is 1. The number of nitrogens with two attached hydrogens (primary N) is 1. The van der Waals surface area contributed by atoms with Crippen molar-refractivity contribution in [3.8, 4) is 5.75 Å². The predicted octanol–water partition coefficient (Wildman–Crippen LogP) is 2.07. The molecule has 0 aliphatic carbocycles. The lowest BCUT2D eigenvalue weighted by atomic mass is 10.0.